The van der Waals surface area contributed by atoms with Gasteiger partial charge in [0.15, 0.2) is 5.60 Å². The van der Waals surface area contributed by atoms with Crippen LogP contribution in [0.5, 0.6) is 0 Å². The Labute approximate surface area is 128 Å². The number of aliphatic hydroxyl groups is 1. The lowest BCUT2D eigenvalue weighted by Crippen LogP contribution is -2.46. The molecule has 2 aromatic rings. The molecule has 0 aliphatic heterocycles. The maximum Gasteiger partial charge on any atom is 0.154 e. The van der Waals surface area contributed by atoms with E-state index < -0.39 is 23.2 Å². The molecule has 0 aliphatic rings. The van der Waals surface area contributed by atoms with Crippen molar-refractivity contribution in [1.82, 2.24) is 0 Å². The van der Waals surface area contributed by atoms with Gasteiger partial charge in [0.1, 0.15) is 11.6 Å². The molecule has 0 aromatic heterocycles. The average Bonchev–Trinajstić information content (AvgIpc) is 2.43. The molecule has 0 saturated carbocycles. The highest BCUT2D eigenvalue weighted by Gasteiger charge is 2.34. The van der Waals surface area contributed by atoms with Crippen LogP contribution >= 0.6 is 23.2 Å². The van der Waals surface area contributed by atoms with Gasteiger partial charge in [-0.2, -0.15) is 0 Å². The summed E-state index contributed by atoms with van der Waals surface area (Å²) in [5.74, 6) is -3.44. The van der Waals surface area contributed by atoms with E-state index in [9.17, 15) is 23.8 Å². The lowest BCUT2D eigenvalue weighted by atomic mass is 9.86. The first-order valence-corrected chi connectivity index (χ1v) is 6.37. The Morgan fingerprint density at radius 1 is 1.00 bits per heavy atom. The van der Waals surface area contributed by atoms with E-state index in [1.54, 1.807) is 0 Å². The SMILES string of the molecule is O=C([O-])C(O)(c1ccc(F)c(Cl)c1)c1ccc(F)c(Cl)c1. The number of hydrogen-bond donors (Lipinski definition) is 1. The van der Waals surface area contributed by atoms with E-state index in [-0.39, 0.29) is 21.2 Å². The number of carbonyl (C=O) groups is 1. The molecule has 3 nitrogen and oxygen atoms in total. The number of benzene rings is 2. The Bertz CT molecular complexity index is 668. The molecule has 0 unspecified atom stereocenters. The van der Waals surface area contributed by atoms with Gasteiger partial charge in [0.2, 0.25) is 0 Å². The van der Waals surface area contributed by atoms with Crippen molar-refractivity contribution in [2.75, 3.05) is 0 Å². The lowest BCUT2D eigenvalue weighted by molar-refractivity contribution is -0.322. The third-order valence-electron chi connectivity index (χ3n) is 2.97. The highest BCUT2D eigenvalue weighted by atomic mass is 35.5. The molecule has 21 heavy (non-hydrogen) atoms. The summed E-state index contributed by atoms with van der Waals surface area (Å²) in [6.45, 7) is 0. The topological polar surface area (TPSA) is 60.4 Å². The third kappa shape index (κ3) is 2.72. The van der Waals surface area contributed by atoms with Crippen molar-refractivity contribution >= 4 is 29.2 Å². The zero-order valence-electron chi connectivity index (χ0n) is 10.2. The summed E-state index contributed by atoms with van der Waals surface area (Å²) in [5.41, 5.74) is -3.12. The van der Waals surface area contributed by atoms with Crippen LogP contribution in [0.1, 0.15) is 11.1 Å². The van der Waals surface area contributed by atoms with E-state index in [0.717, 1.165) is 36.4 Å². The predicted octanol–water partition coefficient (Wildman–Crippen LogP) is 2.26. The molecule has 0 saturated heterocycles. The highest BCUT2D eigenvalue weighted by Crippen LogP contribution is 2.33. The van der Waals surface area contributed by atoms with Crippen molar-refractivity contribution < 1.29 is 23.8 Å². The molecule has 0 radical (unpaired) electrons. The van der Waals surface area contributed by atoms with Crippen LogP contribution in [-0.2, 0) is 10.4 Å². The van der Waals surface area contributed by atoms with Gasteiger partial charge < -0.3 is 15.0 Å². The van der Waals surface area contributed by atoms with E-state index >= 15 is 0 Å². The van der Waals surface area contributed by atoms with Gasteiger partial charge in [0.25, 0.3) is 0 Å². The van der Waals surface area contributed by atoms with Crippen molar-refractivity contribution in [1.29, 1.82) is 0 Å². The molecule has 110 valence electrons. The normalized spacial score (nSPS) is 11.5. The Balaban J connectivity index is 2.67. The monoisotopic (exact) mass is 331 g/mol. The van der Waals surface area contributed by atoms with Crippen LogP contribution < -0.4 is 5.11 Å². The Hall–Kier alpha value is -1.69. The minimum atomic E-state index is -2.64. The van der Waals surface area contributed by atoms with Gasteiger partial charge in [-0.15, -0.1) is 0 Å². The van der Waals surface area contributed by atoms with E-state index in [4.69, 9.17) is 23.2 Å². The average molecular weight is 332 g/mol. The maximum absolute atomic E-state index is 13.2. The molecule has 0 heterocycles. The molecule has 0 fully saturated rings. The Kier molecular flexibility index (Phi) is 4.18. The smallest absolute Gasteiger partial charge is 0.154 e. The second kappa shape index (κ2) is 5.60. The number of rotatable bonds is 3. The number of aliphatic carboxylic acids is 1. The largest absolute Gasteiger partial charge is 0.546 e. The number of halogens is 4. The second-order valence-corrected chi connectivity index (χ2v) is 5.07. The van der Waals surface area contributed by atoms with Gasteiger partial charge in [-0.3, -0.25) is 0 Å². The molecule has 0 atom stereocenters. The molecule has 0 aliphatic carbocycles. The molecule has 2 rings (SSSR count). The summed E-state index contributed by atoms with van der Waals surface area (Å²) in [5, 5.41) is 21.1. The summed E-state index contributed by atoms with van der Waals surface area (Å²) in [6, 6.07) is 5.77. The number of hydrogen-bond acceptors (Lipinski definition) is 3. The number of carboxylic acids is 1. The van der Waals surface area contributed by atoms with E-state index in [2.05, 4.69) is 0 Å². The van der Waals surface area contributed by atoms with Crippen molar-refractivity contribution in [2.45, 2.75) is 5.60 Å². The minimum absolute atomic E-state index is 0.239. The first kappa shape index (κ1) is 15.7. The molecular weight excluding hydrogens is 325 g/mol. The maximum atomic E-state index is 13.2. The molecule has 0 amide bonds. The first-order valence-electron chi connectivity index (χ1n) is 5.61. The van der Waals surface area contributed by atoms with Gasteiger partial charge >= 0.3 is 0 Å². The highest BCUT2D eigenvalue weighted by molar-refractivity contribution is 6.31. The molecular formula is C14H7Cl2F2O3-. The van der Waals surface area contributed by atoms with E-state index in [1.807, 2.05) is 0 Å². The molecule has 7 heteroatoms. The van der Waals surface area contributed by atoms with Crippen molar-refractivity contribution in [3.05, 3.63) is 69.2 Å². The summed E-state index contributed by atoms with van der Waals surface area (Å²) in [7, 11) is 0. The molecule has 0 bridgehead atoms. The first-order chi connectivity index (χ1) is 9.76. The van der Waals surface area contributed by atoms with Crippen LogP contribution in [-0.4, -0.2) is 11.1 Å². The fourth-order valence-corrected chi connectivity index (χ4v) is 2.21. The van der Waals surface area contributed by atoms with Gasteiger partial charge in [-0.1, -0.05) is 35.3 Å². The number of carboxylic acid groups (broad SMARTS) is 1. The van der Waals surface area contributed by atoms with Gasteiger partial charge in [-0.05, 0) is 35.4 Å². The van der Waals surface area contributed by atoms with Crippen LogP contribution in [0.15, 0.2) is 36.4 Å². The summed E-state index contributed by atoms with van der Waals surface area (Å²) in [6.07, 6.45) is 0. The van der Waals surface area contributed by atoms with Crippen LogP contribution in [0.25, 0.3) is 0 Å². The summed E-state index contributed by atoms with van der Waals surface area (Å²) >= 11 is 11.2. The fraction of sp³-hybridized carbons (Fsp3) is 0.0714. The lowest BCUT2D eigenvalue weighted by Gasteiger charge is -2.30. The fourth-order valence-electron chi connectivity index (χ4n) is 1.84. The minimum Gasteiger partial charge on any atom is -0.546 e. The Morgan fingerprint density at radius 2 is 1.38 bits per heavy atom. The van der Waals surface area contributed by atoms with E-state index in [1.165, 1.54) is 0 Å². The van der Waals surface area contributed by atoms with Crippen LogP contribution in [0, 0.1) is 11.6 Å². The van der Waals surface area contributed by atoms with Crippen molar-refractivity contribution in [2.24, 2.45) is 0 Å². The molecule has 1 N–H and O–H groups in total. The van der Waals surface area contributed by atoms with Crippen LogP contribution in [0.4, 0.5) is 8.78 Å². The number of carbonyl (C=O) groups excluding carboxylic acids is 1. The van der Waals surface area contributed by atoms with Gasteiger partial charge in [0, 0.05) is 0 Å². The summed E-state index contributed by atoms with van der Waals surface area (Å²) in [4.78, 5) is 11.4. The zero-order valence-corrected chi connectivity index (χ0v) is 11.8. The van der Waals surface area contributed by atoms with Gasteiger partial charge in [0.05, 0.1) is 16.0 Å². The molecule has 2 aromatic carbocycles. The molecule has 0 spiro atoms. The quantitative estimate of drug-likeness (QED) is 0.938. The third-order valence-corrected chi connectivity index (χ3v) is 3.55. The van der Waals surface area contributed by atoms with Crippen LogP contribution in [0.3, 0.4) is 0 Å². The van der Waals surface area contributed by atoms with Crippen molar-refractivity contribution in [3.63, 3.8) is 0 Å². The Morgan fingerprint density at radius 3 is 1.67 bits per heavy atom. The summed E-state index contributed by atoms with van der Waals surface area (Å²) < 4.78 is 26.3. The zero-order chi connectivity index (χ0) is 15.8. The second-order valence-electron chi connectivity index (χ2n) is 4.26. The van der Waals surface area contributed by atoms with Gasteiger partial charge in [-0.25, -0.2) is 8.78 Å². The van der Waals surface area contributed by atoms with E-state index in [0.29, 0.717) is 0 Å². The standard InChI is InChI=1S/C14H8Cl2F2O3/c15-9-5-7(1-3-11(9)17)14(21,13(19)20)8-2-4-12(18)10(16)6-8/h1-6,21H,(H,19,20)/p-1. The van der Waals surface area contributed by atoms with Crippen molar-refractivity contribution in [3.8, 4) is 0 Å². The van der Waals surface area contributed by atoms with Crippen LogP contribution in [0.2, 0.25) is 10.0 Å². The predicted molar refractivity (Wildman–Crippen MR) is 70.8 cm³/mol.